The molecule has 2 rings (SSSR count). The van der Waals surface area contributed by atoms with Crippen molar-refractivity contribution >= 4 is 5.97 Å². The number of likely N-dealkylation sites (tertiary alicyclic amines) is 1. The molecule has 1 saturated heterocycles. The highest BCUT2D eigenvalue weighted by Gasteiger charge is 2.23. The number of furan rings is 1. The Labute approximate surface area is 107 Å². The number of carbonyl (C=O) groups excluding carboxylic acids is 1. The van der Waals surface area contributed by atoms with Crippen molar-refractivity contribution in [2.24, 2.45) is 5.92 Å². The van der Waals surface area contributed by atoms with Gasteiger partial charge in [-0.05, 0) is 44.6 Å². The highest BCUT2D eigenvalue weighted by atomic mass is 16.5. The van der Waals surface area contributed by atoms with Gasteiger partial charge in [-0.1, -0.05) is 0 Å². The molecule has 100 valence electrons. The first-order chi connectivity index (χ1) is 8.72. The van der Waals surface area contributed by atoms with Crippen molar-refractivity contribution in [2.45, 2.75) is 13.0 Å². The Morgan fingerprint density at radius 2 is 2.44 bits per heavy atom. The molecular weight excluding hydrogens is 232 g/mol. The van der Waals surface area contributed by atoms with Crippen molar-refractivity contribution in [3.8, 4) is 0 Å². The molecule has 1 aromatic heterocycles. The van der Waals surface area contributed by atoms with Crippen molar-refractivity contribution in [3.63, 3.8) is 0 Å². The van der Waals surface area contributed by atoms with E-state index in [2.05, 4.69) is 15.0 Å². The smallest absolute Gasteiger partial charge is 0.373 e. The normalized spacial score (nSPS) is 20.2. The molecule has 0 aliphatic carbocycles. The van der Waals surface area contributed by atoms with Crippen molar-refractivity contribution in [1.82, 2.24) is 10.2 Å². The molecular formula is C13H20N2O3. The first-order valence-electron chi connectivity index (χ1n) is 6.27. The molecule has 5 heteroatoms. The summed E-state index contributed by atoms with van der Waals surface area (Å²) < 4.78 is 10.1. The Morgan fingerprint density at radius 3 is 3.17 bits per heavy atom. The molecule has 1 N–H and O–H groups in total. The van der Waals surface area contributed by atoms with Gasteiger partial charge in [0.2, 0.25) is 5.76 Å². The van der Waals surface area contributed by atoms with Gasteiger partial charge in [-0.2, -0.15) is 0 Å². The molecule has 5 nitrogen and oxygen atoms in total. The standard InChI is InChI=1S/C13H20N2O3/c1-14-7-10-5-6-15(8-10)9-11-3-4-12(18-11)13(16)17-2/h3-4,10,14H,5-9H2,1-2H3. The topological polar surface area (TPSA) is 54.7 Å². The van der Waals surface area contributed by atoms with E-state index in [4.69, 9.17) is 4.42 Å². The summed E-state index contributed by atoms with van der Waals surface area (Å²) in [6.07, 6.45) is 1.21. The number of ether oxygens (including phenoxy) is 1. The van der Waals surface area contributed by atoms with Crippen molar-refractivity contribution in [3.05, 3.63) is 23.7 Å². The van der Waals surface area contributed by atoms with Gasteiger partial charge in [-0.25, -0.2) is 4.79 Å². The molecule has 0 radical (unpaired) electrons. The van der Waals surface area contributed by atoms with Crippen LogP contribution in [0, 0.1) is 5.92 Å². The fraction of sp³-hybridized carbons (Fsp3) is 0.615. The second-order valence-electron chi connectivity index (χ2n) is 4.71. The number of carbonyl (C=O) groups is 1. The molecule has 1 unspecified atom stereocenters. The van der Waals surface area contributed by atoms with Gasteiger partial charge in [0.15, 0.2) is 0 Å². The summed E-state index contributed by atoms with van der Waals surface area (Å²) in [7, 11) is 3.34. The third-order valence-corrected chi connectivity index (χ3v) is 3.29. The minimum atomic E-state index is -0.421. The molecule has 18 heavy (non-hydrogen) atoms. The SMILES string of the molecule is CNCC1CCN(Cc2ccc(C(=O)OC)o2)C1. The van der Waals surface area contributed by atoms with E-state index in [-0.39, 0.29) is 5.76 Å². The average molecular weight is 252 g/mol. The highest BCUT2D eigenvalue weighted by Crippen LogP contribution is 2.19. The predicted octanol–water partition coefficient (Wildman–Crippen LogP) is 1.11. The molecule has 0 spiro atoms. The molecule has 0 saturated carbocycles. The maximum Gasteiger partial charge on any atom is 0.373 e. The lowest BCUT2D eigenvalue weighted by Crippen LogP contribution is -2.24. The maximum atomic E-state index is 11.3. The van der Waals surface area contributed by atoms with E-state index < -0.39 is 5.97 Å². The summed E-state index contributed by atoms with van der Waals surface area (Å²) >= 11 is 0. The van der Waals surface area contributed by atoms with Crippen LogP contribution in [0.1, 0.15) is 22.7 Å². The van der Waals surface area contributed by atoms with Crippen LogP contribution in [0.4, 0.5) is 0 Å². The Bertz CT molecular complexity index is 403. The summed E-state index contributed by atoms with van der Waals surface area (Å²) in [6, 6.07) is 3.51. The Kier molecular flexibility index (Phi) is 4.38. The Morgan fingerprint density at radius 1 is 1.61 bits per heavy atom. The molecule has 0 aromatic carbocycles. The summed E-state index contributed by atoms with van der Waals surface area (Å²) in [6.45, 7) is 3.98. The largest absolute Gasteiger partial charge is 0.463 e. The number of hydrogen-bond acceptors (Lipinski definition) is 5. The number of methoxy groups -OCH3 is 1. The summed E-state index contributed by atoms with van der Waals surface area (Å²) in [4.78, 5) is 13.6. The summed E-state index contributed by atoms with van der Waals surface area (Å²) in [5, 5.41) is 3.21. The van der Waals surface area contributed by atoms with Crippen molar-refractivity contribution < 1.29 is 13.9 Å². The molecule has 0 bridgehead atoms. The van der Waals surface area contributed by atoms with Crippen LogP contribution in [0.25, 0.3) is 0 Å². The molecule has 1 aromatic rings. The molecule has 1 fully saturated rings. The van der Waals surface area contributed by atoms with E-state index in [1.54, 1.807) is 6.07 Å². The van der Waals surface area contributed by atoms with Crippen LogP contribution in [-0.4, -0.2) is 44.7 Å². The van der Waals surface area contributed by atoms with E-state index in [0.717, 1.165) is 31.9 Å². The van der Waals surface area contributed by atoms with Gasteiger partial charge >= 0.3 is 5.97 Å². The maximum absolute atomic E-state index is 11.3. The third-order valence-electron chi connectivity index (χ3n) is 3.29. The van der Waals surface area contributed by atoms with Crippen molar-refractivity contribution in [1.29, 1.82) is 0 Å². The number of rotatable bonds is 5. The molecule has 2 heterocycles. The molecule has 1 aliphatic heterocycles. The molecule has 1 aliphatic rings. The zero-order chi connectivity index (χ0) is 13.0. The van der Waals surface area contributed by atoms with Crippen LogP contribution in [-0.2, 0) is 11.3 Å². The average Bonchev–Trinajstić information content (AvgIpc) is 2.99. The second-order valence-corrected chi connectivity index (χ2v) is 4.71. The van der Waals surface area contributed by atoms with E-state index >= 15 is 0 Å². The lowest BCUT2D eigenvalue weighted by Gasteiger charge is -2.14. The zero-order valence-electron chi connectivity index (χ0n) is 10.9. The van der Waals surface area contributed by atoms with Crippen LogP contribution in [0.5, 0.6) is 0 Å². The third kappa shape index (κ3) is 3.11. The monoisotopic (exact) mass is 252 g/mol. The van der Waals surface area contributed by atoms with Crippen LogP contribution in [0.15, 0.2) is 16.5 Å². The molecule has 0 amide bonds. The number of nitrogens with one attached hydrogen (secondary N) is 1. The summed E-state index contributed by atoms with van der Waals surface area (Å²) in [5.74, 6) is 1.39. The fourth-order valence-electron chi connectivity index (χ4n) is 2.41. The van der Waals surface area contributed by atoms with Gasteiger partial charge in [-0.15, -0.1) is 0 Å². The Balaban J connectivity index is 1.87. The van der Waals surface area contributed by atoms with Gasteiger partial charge in [0.25, 0.3) is 0 Å². The van der Waals surface area contributed by atoms with E-state index in [0.29, 0.717) is 5.92 Å². The number of esters is 1. The van der Waals surface area contributed by atoms with Gasteiger partial charge < -0.3 is 14.5 Å². The van der Waals surface area contributed by atoms with Crippen molar-refractivity contribution in [2.75, 3.05) is 33.8 Å². The molecule has 1 atom stereocenters. The van der Waals surface area contributed by atoms with Gasteiger partial charge in [0.1, 0.15) is 5.76 Å². The van der Waals surface area contributed by atoms with Crippen LogP contribution < -0.4 is 5.32 Å². The summed E-state index contributed by atoms with van der Waals surface area (Å²) in [5.41, 5.74) is 0. The number of hydrogen-bond donors (Lipinski definition) is 1. The second kappa shape index (κ2) is 6.02. The highest BCUT2D eigenvalue weighted by molar-refractivity contribution is 5.86. The lowest BCUT2D eigenvalue weighted by atomic mass is 10.1. The minimum absolute atomic E-state index is 0.276. The van der Waals surface area contributed by atoms with E-state index in [1.165, 1.54) is 13.5 Å². The quantitative estimate of drug-likeness (QED) is 0.796. The predicted molar refractivity (Wildman–Crippen MR) is 67.4 cm³/mol. The van der Waals surface area contributed by atoms with Gasteiger partial charge in [-0.3, -0.25) is 4.90 Å². The lowest BCUT2D eigenvalue weighted by molar-refractivity contribution is 0.0561. The van der Waals surface area contributed by atoms with Crippen LogP contribution in [0.3, 0.4) is 0 Å². The van der Waals surface area contributed by atoms with Gasteiger partial charge in [0, 0.05) is 6.54 Å². The number of nitrogens with zero attached hydrogens (tertiary/aromatic N) is 1. The minimum Gasteiger partial charge on any atom is -0.463 e. The van der Waals surface area contributed by atoms with Gasteiger partial charge in [0.05, 0.1) is 13.7 Å². The fourth-order valence-corrected chi connectivity index (χ4v) is 2.41. The van der Waals surface area contributed by atoms with Crippen LogP contribution >= 0.6 is 0 Å². The first-order valence-corrected chi connectivity index (χ1v) is 6.27. The van der Waals surface area contributed by atoms with E-state index in [1.807, 2.05) is 13.1 Å². The Hall–Kier alpha value is -1.33. The first kappa shape index (κ1) is 13.1. The van der Waals surface area contributed by atoms with Crippen LogP contribution in [0.2, 0.25) is 0 Å². The zero-order valence-corrected chi connectivity index (χ0v) is 10.9. The van der Waals surface area contributed by atoms with E-state index in [9.17, 15) is 4.79 Å².